The van der Waals surface area contributed by atoms with Gasteiger partial charge in [0.05, 0.1) is 30.7 Å². The molecule has 5 nitrogen and oxygen atoms in total. The van der Waals surface area contributed by atoms with Gasteiger partial charge in [0, 0.05) is 24.8 Å². The standard InChI is InChI=1S/C18H19N3O2S/c1-12-9-20-15(10-19-12)11-21-17(22)5-7-24-18(21)14-2-3-16-13(8-14)4-6-23-16/h2-3,8-10,18H,4-7,11H2,1H3. The Kier molecular flexibility index (Phi) is 4.14. The molecular formula is C18H19N3O2S. The first-order valence-corrected chi connectivity index (χ1v) is 9.20. The second-order valence-corrected chi connectivity index (χ2v) is 7.30. The summed E-state index contributed by atoms with van der Waals surface area (Å²) in [4.78, 5) is 23.1. The summed E-state index contributed by atoms with van der Waals surface area (Å²) in [5, 5.41) is 0.0280. The van der Waals surface area contributed by atoms with Crippen LogP contribution in [0.1, 0.15) is 34.3 Å². The molecule has 2 aliphatic rings. The van der Waals surface area contributed by atoms with Gasteiger partial charge in [-0.1, -0.05) is 6.07 Å². The summed E-state index contributed by atoms with van der Waals surface area (Å²) in [6, 6.07) is 6.29. The molecule has 0 N–H and O–H groups in total. The van der Waals surface area contributed by atoms with Crippen molar-refractivity contribution in [2.24, 2.45) is 0 Å². The SMILES string of the molecule is Cc1cnc(CN2C(=O)CCSC2c2ccc3c(c2)CCO3)cn1. The van der Waals surface area contributed by atoms with Gasteiger partial charge in [0.1, 0.15) is 11.1 Å². The van der Waals surface area contributed by atoms with Crippen molar-refractivity contribution in [3.8, 4) is 5.75 Å². The van der Waals surface area contributed by atoms with Gasteiger partial charge in [-0.15, -0.1) is 11.8 Å². The number of carbonyl (C=O) groups is 1. The highest BCUT2D eigenvalue weighted by Gasteiger charge is 2.31. The zero-order valence-electron chi connectivity index (χ0n) is 13.6. The van der Waals surface area contributed by atoms with Crippen molar-refractivity contribution in [2.45, 2.75) is 31.7 Å². The lowest BCUT2D eigenvalue weighted by Crippen LogP contribution is -2.37. The van der Waals surface area contributed by atoms with E-state index >= 15 is 0 Å². The molecule has 0 aliphatic carbocycles. The lowest BCUT2D eigenvalue weighted by molar-refractivity contribution is -0.132. The quantitative estimate of drug-likeness (QED) is 0.859. The molecule has 2 aliphatic heterocycles. The minimum absolute atomic E-state index is 0.0280. The molecule has 0 spiro atoms. The Morgan fingerprint density at radius 3 is 3.04 bits per heavy atom. The van der Waals surface area contributed by atoms with E-state index in [9.17, 15) is 4.79 Å². The van der Waals surface area contributed by atoms with E-state index in [1.807, 2.05) is 29.7 Å². The van der Waals surface area contributed by atoms with Gasteiger partial charge in [-0.2, -0.15) is 0 Å². The maximum absolute atomic E-state index is 12.5. The number of nitrogens with zero attached hydrogens (tertiary/aromatic N) is 3. The van der Waals surface area contributed by atoms with Crippen LogP contribution < -0.4 is 4.74 Å². The van der Waals surface area contributed by atoms with E-state index < -0.39 is 0 Å². The van der Waals surface area contributed by atoms with Crippen LogP contribution in [0, 0.1) is 6.92 Å². The number of aryl methyl sites for hydroxylation is 1. The first-order chi connectivity index (χ1) is 11.7. The van der Waals surface area contributed by atoms with Gasteiger partial charge in [-0.3, -0.25) is 14.8 Å². The molecule has 1 aromatic heterocycles. The van der Waals surface area contributed by atoms with Crippen LogP contribution in [0.5, 0.6) is 5.75 Å². The van der Waals surface area contributed by atoms with Gasteiger partial charge in [-0.25, -0.2) is 0 Å². The normalized spacial score (nSPS) is 20.0. The second-order valence-electron chi connectivity index (χ2n) is 6.11. The minimum atomic E-state index is 0.0280. The maximum atomic E-state index is 12.5. The van der Waals surface area contributed by atoms with Crippen LogP contribution in [0.25, 0.3) is 0 Å². The largest absolute Gasteiger partial charge is 0.493 e. The monoisotopic (exact) mass is 341 g/mol. The zero-order chi connectivity index (χ0) is 16.5. The van der Waals surface area contributed by atoms with E-state index in [4.69, 9.17) is 4.74 Å². The molecule has 1 amide bonds. The molecule has 1 unspecified atom stereocenters. The van der Waals surface area contributed by atoms with Crippen LogP contribution in [0.3, 0.4) is 0 Å². The van der Waals surface area contributed by atoms with Crippen molar-refractivity contribution >= 4 is 17.7 Å². The fourth-order valence-electron chi connectivity index (χ4n) is 3.11. The Hall–Kier alpha value is -2.08. The van der Waals surface area contributed by atoms with Crippen molar-refractivity contribution in [1.82, 2.24) is 14.9 Å². The van der Waals surface area contributed by atoms with Gasteiger partial charge in [0.2, 0.25) is 5.91 Å². The van der Waals surface area contributed by atoms with Crippen LogP contribution in [-0.4, -0.2) is 33.1 Å². The third kappa shape index (κ3) is 2.98. The van der Waals surface area contributed by atoms with Crippen LogP contribution in [0.15, 0.2) is 30.6 Å². The van der Waals surface area contributed by atoms with Gasteiger partial charge in [0.25, 0.3) is 0 Å². The molecule has 2 aromatic rings. The summed E-state index contributed by atoms with van der Waals surface area (Å²) >= 11 is 1.81. The first-order valence-electron chi connectivity index (χ1n) is 8.15. The van der Waals surface area contributed by atoms with Crippen LogP contribution >= 0.6 is 11.8 Å². The summed E-state index contributed by atoms with van der Waals surface area (Å²) in [5.41, 5.74) is 4.11. The molecule has 4 rings (SSSR count). The number of aromatic nitrogens is 2. The fraction of sp³-hybridized carbons (Fsp3) is 0.389. The lowest BCUT2D eigenvalue weighted by Gasteiger charge is -2.35. The Morgan fingerprint density at radius 2 is 2.21 bits per heavy atom. The number of rotatable bonds is 3. The average molecular weight is 341 g/mol. The molecular weight excluding hydrogens is 322 g/mol. The van der Waals surface area contributed by atoms with Crippen LogP contribution in [-0.2, 0) is 17.8 Å². The van der Waals surface area contributed by atoms with Gasteiger partial charge >= 0.3 is 0 Å². The molecule has 124 valence electrons. The number of carbonyl (C=O) groups excluding carboxylic acids is 1. The highest BCUT2D eigenvalue weighted by molar-refractivity contribution is 7.99. The fourth-order valence-corrected chi connectivity index (χ4v) is 4.33. The zero-order valence-corrected chi connectivity index (χ0v) is 14.4. The number of fused-ring (bicyclic) bond motifs is 1. The van der Waals surface area contributed by atoms with Gasteiger partial charge < -0.3 is 9.64 Å². The molecule has 0 bridgehead atoms. The van der Waals surface area contributed by atoms with E-state index in [-0.39, 0.29) is 11.3 Å². The third-order valence-corrected chi connectivity index (χ3v) is 5.64. The first kappa shape index (κ1) is 15.4. The molecule has 1 aromatic carbocycles. The summed E-state index contributed by atoms with van der Waals surface area (Å²) in [6.07, 6.45) is 5.03. The molecule has 1 saturated heterocycles. The van der Waals surface area contributed by atoms with E-state index in [2.05, 4.69) is 22.1 Å². The van der Waals surface area contributed by atoms with Crippen molar-refractivity contribution in [1.29, 1.82) is 0 Å². The van der Waals surface area contributed by atoms with Crippen molar-refractivity contribution in [3.05, 3.63) is 53.1 Å². The van der Waals surface area contributed by atoms with Crippen LogP contribution in [0.2, 0.25) is 0 Å². The second kappa shape index (κ2) is 6.43. The van der Waals surface area contributed by atoms with E-state index in [0.717, 1.165) is 41.5 Å². The Balaban J connectivity index is 1.62. The molecule has 1 atom stereocenters. The van der Waals surface area contributed by atoms with Crippen molar-refractivity contribution in [2.75, 3.05) is 12.4 Å². The van der Waals surface area contributed by atoms with Gasteiger partial charge in [0.15, 0.2) is 0 Å². The number of benzene rings is 1. The topological polar surface area (TPSA) is 55.3 Å². The highest BCUT2D eigenvalue weighted by atomic mass is 32.2. The molecule has 6 heteroatoms. The van der Waals surface area contributed by atoms with Gasteiger partial charge in [-0.05, 0) is 30.2 Å². The lowest BCUT2D eigenvalue weighted by atomic mass is 10.1. The Labute approximate surface area is 145 Å². The van der Waals surface area contributed by atoms with Crippen molar-refractivity contribution < 1.29 is 9.53 Å². The van der Waals surface area contributed by atoms with Crippen molar-refractivity contribution in [3.63, 3.8) is 0 Å². The maximum Gasteiger partial charge on any atom is 0.224 e. The molecule has 0 radical (unpaired) electrons. The molecule has 24 heavy (non-hydrogen) atoms. The van der Waals surface area contributed by atoms with E-state index in [1.165, 1.54) is 5.56 Å². The number of thioether (sulfide) groups is 1. The van der Waals surface area contributed by atoms with E-state index in [1.54, 1.807) is 12.4 Å². The molecule has 1 fully saturated rings. The number of hydrogen-bond donors (Lipinski definition) is 0. The van der Waals surface area contributed by atoms with Crippen LogP contribution in [0.4, 0.5) is 0 Å². The summed E-state index contributed by atoms with van der Waals surface area (Å²) < 4.78 is 5.59. The number of ether oxygens (including phenoxy) is 1. The molecule has 3 heterocycles. The Bertz CT molecular complexity index is 763. The summed E-state index contributed by atoms with van der Waals surface area (Å²) in [7, 11) is 0. The highest BCUT2D eigenvalue weighted by Crippen LogP contribution is 2.40. The number of hydrogen-bond acceptors (Lipinski definition) is 5. The molecule has 0 saturated carbocycles. The summed E-state index contributed by atoms with van der Waals surface area (Å²) in [5.74, 6) is 2.01. The Morgan fingerprint density at radius 1 is 1.29 bits per heavy atom. The third-order valence-electron chi connectivity index (χ3n) is 4.36. The summed E-state index contributed by atoms with van der Waals surface area (Å²) in [6.45, 7) is 3.16. The smallest absolute Gasteiger partial charge is 0.224 e. The minimum Gasteiger partial charge on any atom is -0.493 e. The predicted molar refractivity (Wildman–Crippen MR) is 92.8 cm³/mol. The predicted octanol–water partition coefficient (Wildman–Crippen LogP) is 2.88. The number of amides is 1. The average Bonchev–Trinajstić information content (AvgIpc) is 3.06. The van der Waals surface area contributed by atoms with E-state index in [0.29, 0.717) is 13.0 Å².